The number of aliphatic hydroxyl groups excluding tert-OH is 1. The van der Waals surface area contributed by atoms with E-state index in [1.54, 1.807) is 12.5 Å². The average molecular weight is 347 g/mol. The smallest absolute Gasteiger partial charge is 0.265 e. The van der Waals surface area contributed by atoms with Gasteiger partial charge in [0.25, 0.3) is 5.91 Å². The summed E-state index contributed by atoms with van der Waals surface area (Å²) in [5, 5.41) is 10.8. The lowest BCUT2D eigenvalue weighted by Gasteiger charge is -2.38. The van der Waals surface area contributed by atoms with Crippen LogP contribution in [0.15, 0.2) is 29.0 Å². The van der Waals surface area contributed by atoms with Crippen LogP contribution in [0.3, 0.4) is 0 Å². The van der Waals surface area contributed by atoms with E-state index in [4.69, 9.17) is 4.42 Å². The van der Waals surface area contributed by atoms with E-state index in [0.717, 1.165) is 37.4 Å². The Bertz CT molecular complexity index is 692. The minimum atomic E-state index is -0.204. The number of carbonyl (C=O) groups excluding carboxylic acids is 1. The SMILES string of the molecule is O=C(c1cnc(-c2ccco2)s1)N1CCN([C@@H]2CCC[C@@H]2O)CC1. The molecule has 0 unspecified atom stereocenters. The zero-order valence-electron chi connectivity index (χ0n) is 13.4. The topological polar surface area (TPSA) is 69.8 Å². The summed E-state index contributed by atoms with van der Waals surface area (Å²) < 4.78 is 5.33. The molecule has 1 N–H and O–H groups in total. The lowest BCUT2D eigenvalue weighted by Crippen LogP contribution is -2.53. The molecule has 24 heavy (non-hydrogen) atoms. The zero-order valence-corrected chi connectivity index (χ0v) is 14.2. The summed E-state index contributed by atoms with van der Waals surface area (Å²) in [6, 6.07) is 3.93. The summed E-state index contributed by atoms with van der Waals surface area (Å²) in [7, 11) is 0. The maximum atomic E-state index is 12.7. The number of piperazine rings is 1. The standard InChI is InChI=1S/C17H21N3O3S/c21-13-4-1-3-12(13)19-6-8-20(9-7-19)17(22)15-11-18-16(24-15)14-5-2-10-23-14/h2,5,10-13,21H,1,3-4,6-9H2/t12-,13+/m1/s1. The summed E-state index contributed by atoms with van der Waals surface area (Å²) in [5.41, 5.74) is 0. The quantitative estimate of drug-likeness (QED) is 0.920. The van der Waals surface area contributed by atoms with Gasteiger partial charge in [0.05, 0.1) is 18.6 Å². The van der Waals surface area contributed by atoms with Crippen molar-refractivity contribution >= 4 is 17.2 Å². The summed E-state index contributed by atoms with van der Waals surface area (Å²) in [4.78, 5) is 21.8. The lowest BCUT2D eigenvalue weighted by atomic mass is 10.1. The summed E-state index contributed by atoms with van der Waals surface area (Å²) in [6.45, 7) is 3.07. The minimum absolute atomic E-state index is 0.0388. The number of hydrogen-bond acceptors (Lipinski definition) is 6. The molecule has 2 atom stereocenters. The normalized spacial score (nSPS) is 25.3. The molecule has 1 saturated carbocycles. The van der Waals surface area contributed by atoms with Crippen molar-refractivity contribution in [3.05, 3.63) is 29.5 Å². The maximum absolute atomic E-state index is 12.7. The molecule has 2 aromatic heterocycles. The number of thiazole rings is 1. The molecule has 6 nitrogen and oxygen atoms in total. The predicted octanol–water partition coefficient (Wildman–Crippen LogP) is 2.07. The van der Waals surface area contributed by atoms with Gasteiger partial charge in [-0.2, -0.15) is 0 Å². The van der Waals surface area contributed by atoms with Gasteiger partial charge in [0.1, 0.15) is 4.88 Å². The van der Waals surface area contributed by atoms with Crippen molar-refractivity contribution in [2.24, 2.45) is 0 Å². The molecule has 1 aliphatic carbocycles. The Labute approximate surface area is 144 Å². The number of furan rings is 1. The van der Waals surface area contributed by atoms with Gasteiger partial charge in [-0.3, -0.25) is 9.69 Å². The van der Waals surface area contributed by atoms with Crippen LogP contribution in [0.5, 0.6) is 0 Å². The highest BCUT2D eigenvalue weighted by molar-refractivity contribution is 7.16. The molecule has 2 fully saturated rings. The molecule has 1 aliphatic heterocycles. The Morgan fingerprint density at radius 3 is 2.79 bits per heavy atom. The Kier molecular flexibility index (Phi) is 4.39. The molecule has 128 valence electrons. The van der Waals surface area contributed by atoms with Crippen molar-refractivity contribution in [2.75, 3.05) is 26.2 Å². The van der Waals surface area contributed by atoms with Crippen molar-refractivity contribution < 1.29 is 14.3 Å². The first-order valence-corrected chi connectivity index (χ1v) is 9.25. The Hall–Kier alpha value is -1.70. The van der Waals surface area contributed by atoms with Crippen LogP contribution in [0.25, 0.3) is 10.8 Å². The van der Waals surface area contributed by atoms with E-state index in [1.165, 1.54) is 11.3 Å². The second-order valence-electron chi connectivity index (χ2n) is 6.40. The lowest BCUT2D eigenvalue weighted by molar-refractivity contribution is 0.0317. The van der Waals surface area contributed by atoms with E-state index in [-0.39, 0.29) is 18.1 Å². The van der Waals surface area contributed by atoms with Gasteiger partial charge in [-0.1, -0.05) is 0 Å². The molecule has 2 aliphatic rings. The first kappa shape index (κ1) is 15.8. The number of aromatic nitrogens is 1. The van der Waals surface area contributed by atoms with Gasteiger partial charge in [0.15, 0.2) is 10.8 Å². The first-order chi connectivity index (χ1) is 11.7. The van der Waals surface area contributed by atoms with E-state index in [1.807, 2.05) is 17.0 Å². The van der Waals surface area contributed by atoms with Crippen molar-refractivity contribution in [3.63, 3.8) is 0 Å². The number of nitrogens with zero attached hydrogens (tertiary/aromatic N) is 3. The highest BCUT2D eigenvalue weighted by Gasteiger charge is 2.33. The molecule has 0 radical (unpaired) electrons. The Balaban J connectivity index is 1.38. The summed E-state index contributed by atoms with van der Waals surface area (Å²) >= 11 is 1.37. The van der Waals surface area contributed by atoms with Crippen LogP contribution in [0.1, 0.15) is 28.9 Å². The van der Waals surface area contributed by atoms with Crippen LogP contribution in [-0.4, -0.2) is 64.1 Å². The molecule has 7 heteroatoms. The van der Waals surface area contributed by atoms with Gasteiger partial charge in [-0.25, -0.2) is 4.98 Å². The molecule has 3 heterocycles. The van der Waals surface area contributed by atoms with Crippen LogP contribution in [0.4, 0.5) is 0 Å². The molecule has 0 aromatic carbocycles. The molecule has 2 aromatic rings. The van der Waals surface area contributed by atoms with Gasteiger partial charge in [0, 0.05) is 32.2 Å². The van der Waals surface area contributed by atoms with Crippen LogP contribution in [0.2, 0.25) is 0 Å². The van der Waals surface area contributed by atoms with Crippen molar-refractivity contribution in [1.82, 2.24) is 14.8 Å². The third-order valence-electron chi connectivity index (χ3n) is 4.96. The highest BCUT2D eigenvalue weighted by atomic mass is 32.1. The molecule has 0 spiro atoms. The van der Waals surface area contributed by atoms with E-state index in [2.05, 4.69) is 9.88 Å². The first-order valence-electron chi connectivity index (χ1n) is 8.43. The number of rotatable bonds is 3. The van der Waals surface area contributed by atoms with Crippen molar-refractivity contribution in [2.45, 2.75) is 31.4 Å². The van der Waals surface area contributed by atoms with E-state index < -0.39 is 0 Å². The second-order valence-corrected chi connectivity index (χ2v) is 7.43. The van der Waals surface area contributed by atoms with Gasteiger partial charge >= 0.3 is 0 Å². The fourth-order valence-corrected chi connectivity index (χ4v) is 4.50. The molecule has 0 bridgehead atoms. The Morgan fingerprint density at radius 2 is 2.12 bits per heavy atom. The molecular formula is C17H21N3O3S. The summed E-state index contributed by atoms with van der Waals surface area (Å²) in [6.07, 6.45) is 6.11. The van der Waals surface area contributed by atoms with Crippen molar-refractivity contribution in [1.29, 1.82) is 0 Å². The highest BCUT2D eigenvalue weighted by Crippen LogP contribution is 2.28. The Morgan fingerprint density at radius 1 is 1.29 bits per heavy atom. The molecular weight excluding hydrogens is 326 g/mol. The predicted molar refractivity (Wildman–Crippen MR) is 90.9 cm³/mol. The van der Waals surface area contributed by atoms with Crippen molar-refractivity contribution in [3.8, 4) is 10.8 Å². The molecule has 1 amide bonds. The van der Waals surface area contributed by atoms with Gasteiger partial charge in [-0.15, -0.1) is 11.3 Å². The second kappa shape index (κ2) is 6.66. The molecule has 1 saturated heterocycles. The van der Waals surface area contributed by atoms with Gasteiger partial charge < -0.3 is 14.4 Å². The largest absolute Gasteiger partial charge is 0.462 e. The van der Waals surface area contributed by atoms with E-state index >= 15 is 0 Å². The number of carbonyl (C=O) groups is 1. The zero-order chi connectivity index (χ0) is 16.5. The third-order valence-corrected chi connectivity index (χ3v) is 5.96. The van der Waals surface area contributed by atoms with Gasteiger partial charge in [0.2, 0.25) is 0 Å². The third kappa shape index (κ3) is 2.99. The number of aliphatic hydroxyl groups is 1. The fraction of sp³-hybridized carbons (Fsp3) is 0.529. The van der Waals surface area contributed by atoms with Crippen LogP contribution in [0, 0.1) is 0 Å². The monoisotopic (exact) mass is 347 g/mol. The molecule has 4 rings (SSSR count). The summed E-state index contributed by atoms with van der Waals surface area (Å²) in [5.74, 6) is 0.732. The van der Waals surface area contributed by atoms with Crippen LogP contribution >= 0.6 is 11.3 Å². The van der Waals surface area contributed by atoms with Crippen LogP contribution < -0.4 is 0 Å². The van der Waals surface area contributed by atoms with E-state index in [0.29, 0.717) is 23.7 Å². The van der Waals surface area contributed by atoms with E-state index in [9.17, 15) is 9.90 Å². The minimum Gasteiger partial charge on any atom is -0.462 e. The fourth-order valence-electron chi connectivity index (χ4n) is 3.65. The number of hydrogen-bond donors (Lipinski definition) is 1. The average Bonchev–Trinajstić information content (AvgIpc) is 3.35. The van der Waals surface area contributed by atoms with Crippen LogP contribution in [-0.2, 0) is 0 Å². The maximum Gasteiger partial charge on any atom is 0.265 e. The number of amides is 1. The van der Waals surface area contributed by atoms with Gasteiger partial charge in [-0.05, 0) is 31.4 Å².